The molecule has 0 aliphatic carbocycles. The van der Waals surface area contributed by atoms with Crippen LogP contribution in [0.3, 0.4) is 0 Å². The molecule has 2 atom stereocenters. The van der Waals surface area contributed by atoms with Crippen LogP contribution < -0.4 is 0 Å². The Kier molecular flexibility index (Phi) is 5.85. The standard InChI is InChI=1S/C5H7B10Br/c16-3-1-2-5-6-4(7-9-5)8-11-13-15-14-12-10-5/h4H,1-3H2. The van der Waals surface area contributed by atoms with Gasteiger partial charge in [-0.1, -0.05) is 22.4 Å². The van der Waals surface area contributed by atoms with Crippen molar-refractivity contribution >= 4 is 87.2 Å². The van der Waals surface area contributed by atoms with Gasteiger partial charge in [-0.05, 0) is 6.42 Å². The van der Waals surface area contributed by atoms with E-state index in [1.54, 1.807) is 0 Å². The molecule has 64 valence electrons. The average molecular weight is 255 g/mol. The molecule has 0 nitrogen and oxygen atoms in total. The van der Waals surface area contributed by atoms with Crippen LogP contribution in [0, 0.1) is 0 Å². The molecular formula is C5H7B10Br. The van der Waals surface area contributed by atoms with Gasteiger partial charge in [0.25, 0.3) is 0 Å². The van der Waals surface area contributed by atoms with Crippen LogP contribution in [0.15, 0.2) is 0 Å². The van der Waals surface area contributed by atoms with Crippen molar-refractivity contribution in [3.05, 3.63) is 0 Å². The van der Waals surface area contributed by atoms with Gasteiger partial charge in [0, 0.05) is 62.1 Å². The van der Waals surface area contributed by atoms with Crippen LogP contribution in [0.1, 0.15) is 12.8 Å². The fourth-order valence-corrected chi connectivity index (χ4v) is 2.51. The van der Waals surface area contributed by atoms with Gasteiger partial charge >= 0.3 is 0 Å². The van der Waals surface area contributed by atoms with E-state index in [1.165, 1.54) is 12.8 Å². The maximum Gasteiger partial charge on any atom is 0.0821 e. The maximum absolute atomic E-state index is 3.51. The zero-order valence-corrected chi connectivity index (χ0v) is 10.9. The molecule has 2 unspecified atom stereocenters. The van der Waals surface area contributed by atoms with Gasteiger partial charge < -0.3 is 0 Å². The Bertz CT molecular complexity index is 215. The van der Waals surface area contributed by atoms with Crippen molar-refractivity contribution in [3.8, 4) is 0 Å². The third kappa shape index (κ3) is 3.82. The van der Waals surface area contributed by atoms with Crippen molar-refractivity contribution in [1.29, 1.82) is 0 Å². The second-order valence-corrected chi connectivity index (χ2v) is 5.12. The predicted octanol–water partition coefficient (Wildman–Crippen LogP) is -1.59. The molecule has 10 radical (unpaired) electrons. The van der Waals surface area contributed by atoms with E-state index in [0.29, 0.717) is 5.62 Å². The Morgan fingerprint density at radius 1 is 0.938 bits per heavy atom. The molecule has 0 aromatic heterocycles. The molecule has 0 aromatic rings. The van der Waals surface area contributed by atoms with E-state index >= 15 is 0 Å². The lowest BCUT2D eigenvalue weighted by Gasteiger charge is -2.30. The third-order valence-electron chi connectivity index (χ3n) is 3.06. The van der Waals surface area contributed by atoms with Gasteiger partial charge in [0.05, 0.1) is 14.4 Å². The Labute approximate surface area is 116 Å². The van der Waals surface area contributed by atoms with Gasteiger partial charge in [-0.3, -0.25) is 0 Å². The first kappa shape index (κ1) is 13.6. The van der Waals surface area contributed by atoms with Crippen molar-refractivity contribution in [3.63, 3.8) is 0 Å². The Morgan fingerprint density at radius 2 is 1.75 bits per heavy atom. The summed E-state index contributed by atoms with van der Waals surface area (Å²) in [6.07, 6.45) is 2.39. The van der Waals surface area contributed by atoms with E-state index in [0.717, 1.165) is 5.33 Å². The summed E-state index contributed by atoms with van der Waals surface area (Å²) in [6.45, 7) is 0. The molecule has 2 fully saturated rings. The van der Waals surface area contributed by atoms with Gasteiger partial charge in [-0.15, -0.1) is 10.7 Å². The molecule has 2 aliphatic rings. The van der Waals surface area contributed by atoms with Gasteiger partial charge in [0.1, 0.15) is 0 Å². The first-order valence-electron chi connectivity index (χ1n) is 5.82. The van der Waals surface area contributed by atoms with Crippen LogP contribution in [0.2, 0.25) is 10.7 Å². The smallest absolute Gasteiger partial charge is 0.0821 e. The third-order valence-corrected chi connectivity index (χ3v) is 3.62. The Morgan fingerprint density at radius 3 is 2.62 bits per heavy atom. The minimum atomic E-state index is 0.171. The molecule has 2 saturated heterocycles. The summed E-state index contributed by atoms with van der Waals surface area (Å²) in [7, 11) is 22.2. The van der Waals surface area contributed by atoms with Crippen LogP contribution >= 0.6 is 15.9 Å². The number of rotatable bonds is 3. The molecular weight excluding hydrogens is 248 g/mol. The van der Waals surface area contributed by atoms with Gasteiger partial charge in [-0.25, -0.2) is 0 Å². The minimum absolute atomic E-state index is 0.171. The largest absolute Gasteiger partial charge is 0.137 e. The lowest BCUT2D eigenvalue weighted by molar-refractivity contribution is 0.815. The van der Waals surface area contributed by atoms with Crippen molar-refractivity contribution in [1.82, 2.24) is 0 Å². The predicted molar refractivity (Wildman–Crippen MR) is 87.0 cm³/mol. The monoisotopic (exact) mass is 256 g/mol. The number of hydrogen-bond acceptors (Lipinski definition) is 0. The van der Waals surface area contributed by atoms with E-state index in [1.807, 2.05) is 0 Å². The van der Waals surface area contributed by atoms with Gasteiger partial charge in [0.15, 0.2) is 0 Å². The fourth-order valence-electron chi connectivity index (χ4n) is 2.23. The molecule has 11 heteroatoms. The van der Waals surface area contributed by atoms with Crippen LogP contribution in [0.25, 0.3) is 0 Å². The zero-order valence-electron chi connectivity index (χ0n) is 9.35. The zero-order chi connectivity index (χ0) is 11.3. The maximum atomic E-state index is 3.51. The van der Waals surface area contributed by atoms with Crippen molar-refractivity contribution in [2.45, 2.75) is 23.6 Å². The van der Waals surface area contributed by atoms with Crippen molar-refractivity contribution in [2.24, 2.45) is 0 Å². The highest BCUT2D eigenvalue weighted by molar-refractivity contribution is 9.09. The summed E-state index contributed by atoms with van der Waals surface area (Å²) in [5.74, 6) is 0. The lowest BCUT2D eigenvalue weighted by Crippen LogP contribution is -2.40. The highest BCUT2D eigenvalue weighted by atomic mass is 79.9. The summed E-state index contributed by atoms with van der Waals surface area (Å²) in [6, 6.07) is 0. The first-order chi connectivity index (χ1) is 7.85. The molecule has 0 aromatic carbocycles. The van der Waals surface area contributed by atoms with Gasteiger partial charge in [0.2, 0.25) is 0 Å². The van der Waals surface area contributed by atoms with Crippen molar-refractivity contribution in [2.75, 3.05) is 5.33 Å². The molecule has 0 saturated carbocycles. The molecule has 0 N–H and O–H groups in total. The SMILES string of the molecule is BrCCCC12[B][B][B][B][B][B][B]C([B][B]1)[B]2. The number of hydrogen-bond donors (Lipinski definition) is 0. The van der Waals surface area contributed by atoms with E-state index in [4.69, 9.17) is 0 Å². The fraction of sp³-hybridized carbons (Fsp3) is 1.00. The number of alkyl halides is 1. The number of fused-ring (bicyclic) bond motifs is 2. The second kappa shape index (κ2) is 6.90. The molecule has 16 heavy (non-hydrogen) atoms. The van der Waals surface area contributed by atoms with Crippen LogP contribution in [-0.2, 0) is 0 Å². The molecule has 2 heterocycles. The number of halogens is 1. The molecule has 2 aliphatic heterocycles. The molecule has 2 bridgehead atoms. The lowest BCUT2D eigenvalue weighted by atomic mass is 8.89. The van der Waals surface area contributed by atoms with E-state index in [-0.39, 0.29) is 5.11 Å². The summed E-state index contributed by atoms with van der Waals surface area (Å²) in [4.78, 5) is 0. The molecule has 0 spiro atoms. The topological polar surface area (TPSA) is 0 Å². The van der Waals surface area contributed by atoms with E-state index in [9.17, 15) is 0 Å². The highest BCUT2D eigenvalue weighted by Gasteiger charge is 2.38. The van der Waals surface area contributed by atoms with E-state index < -0.39 is 0 Å². The van der Waals surface area contributed by atoms with E-state index in [2.05, 4.69) is 87.2 Å². The van der Waals surface area contributed by atoms with Crippen LogP contribution in [0.5, 0.6) is 0 Å². The second-order valence-electron chi connectivity index (χ2n) is 4.33. The quantitative estimate of drug-likeness (QED) is 0.421. The van der Waals surface area contributed by atoms with Crippen LogP contribution in [-0.4, -0.2) is 76.6 Å². The average Bonchev–Trinajstić information content (AvgIpc) is 2.69. The summed E-state index contributed by atoms with van der Waals surface area (Å²) < 4.78 is 0. The Hall–Kier alpha value is 1.13. The normalized spacial score (nSPS) is 31.2. The summed E-state index contributed by atoms with van der Waals surface area (Å²) in [5.41, 5.74) is 0.489. The highest BCUT2D eigenvalue weighted by Crippen LogP contribution is 2.36. The minimum Gasteiger partial charge on any atom is -0.137 e. The van der Waals surface area contributed by atoms with Crippen LogP contribution in [0.4, 0.5) is 0 Å². The summed E-state index contributed by atoms with van der Waals surface area (Å²) in [5, 5.41) is 1.25. The van der Waals surface area contributed by atoms with Crippen molar-refractivity contribution < 1.29 is 0 Å². The molecule has 2 rings (SSSR count). The Balaban J connectivity index is 1.92. The summed E-state index contributed by atoms with van der Waals surface area (Å²) >= 11 is 3.51. The first-order valence-corrected chi connectivity index (χ1v) is 6.94. The molecule has 0 amide bonds. The van der Waals surface area contributed by atoms with Gasteiger partial charge in [-0.2, -0.15) is 0 Å².